The minimum Gasteiger partial charge on any atom is -0.326 e. The first-order valence-electron chi connectivity index (χ1n) is 5.85. The lowest BCUT2D eigenvalue weighted by Crippen LogP contribution is -2.38. The number of nitrogens with zero attached hydrogens (tertiary/aromatic N) is 1. The predicted molar refractivity (Wildman–Crippen MR) is 69.4 cm³/mol. The summed E-state index contributed by atoms with van der Waals surface area (Å²) in [6.07, 6.45) is 1.67. The highest BCUT2D eigenvalue weighted by Crippen LogP contribution is 2.28. The monoisotopic (exact) mass is 254 g/mol. The van der Waals surface area contributed by atoms with Crippen molar-refractivity contribution < 1.29 is 8.42 Å². The molecule has 0 unspecified atom stereocenters. The number of sulfonamides is 1. The average molecular weight is 254 g/mol. The van der Waals surface area contributed by atoms with Gasteiger partial charge in [0.25, 0.3) is 0 Å². The molecule has 1 aliphatic rings. The van der Waals surface area contributed by atoms with E-state index in [1.54, 1.807) is 0 Å². The Kier molecular flexibility index (Phi) is 3.40. The Bertz CT molecular complexity index is 511. The van der Waals surface area contributed by atoms with Crippen LogP contribution in [0.4, 0.5) is 5.69 Å². The summed E-state index contributed by atoms with van der Waals surface area (Å²) < 4.78 is 25.6. The molecule has 4 nitrogen and oxygen atoms in total. The van der Waals surface area contributed by atoms with Crippen LogP contribution in [0.25, 0.3) is 0 Å². The number of rotatable bonds is 2. The Morgan fingerprint density at radius 3 is 2.76 bits per heavy atom. The average Bonchev–Trinajstić information content (AvgIpc) is 2.28. The summed E-state index contributed by atoms with van der Waals surface area (Å²) in [6, 6.07) is 5.69. The molecule has 0 saturated carbocycles. The quantitative estimate of drug-likeness (QED) is 0.867. The van der Waals surface area contributed by atoms with Crippen molar-refractivity contribution in [3.63, 3.8) is 0 Å². The SMILES string of the molecule is Cc1cccc(N2CCCCS2(=O)=O)c1CN. The summed E-state index contributed by atoms with van der Waals surface area (Å²) in [7, 11) is -3.15. The molecule has 94 valence electrons. The van der Waals surface area contributed by atoms with E-state index in [0.717, 1.165) is 29.7 Å². The summed E-state index contributed by atoms with van der Waals surface area (Å²) in [6.45, 7) is 2.90. The van der Waals surface area contributed by atoms with Crippen LogP contribution in [0.2, 0.25) is 0 Å². The first-order valence-corrected chi connectivity index (χ1v) is 7.46. The van der Waals surface area contributed by atoms with Crippen LogP contribution in [-0.4, -0.2) is 20.7 Å². The predicted octanol–water partition coefficient (Wildman–Crippen LogP) is 1.38. The Labute approximate surface area is 102 Å². The van der Waals surface area contributed by atoms with Gasteiger partial charge in [-0.15, -0.1) is 0 Å². The molecule has 0 radical (unpaired) electrons. The Morgan fingerprint density at radius 1 is 1.35 bits per heavy atom. The standard InChI is InChI=1S/C12H18N2O2S/c1-10-5-4-6-12(11(10)9-13)14-7-2-3-8-17(14,15)16/h4-6H,2-3,7-9,13H2,1H3. The van der Waals surface area contributed by atoms with Crippen LogP contribution in [0, 0.1) is 6.92 Å². The molecule has 0 amide bonds. The second-order valence-electron chi connectivity index (χ2n) is 4.37. The van der Waals surface area contributed by atoms with Gasteiger partial charge in [-0.05, 0) is 37.0 Å². The molecular formula is C12H18N2O2S. The molecule has 1 aliphatic heterocycles. The van der Waals surface area contributed by atoms with Gasteiger partial charge in [0.15, 0.2) is 0 Å². The number of anilines is 1. The number of nitrogens with two attached hydrogens (primary N) is 1. The van der Waals surface area contributed by atoms with E-state index < -0.39 is 10.0 Å². The zero-order chi connectivity index (χ0) is 12.5. The molecular weight excluding hydrogens is 236 g/mol. The van der Waals surface area contributed by atoms with Crippen LogP contribution in [0.5, 0.6) is 0 Å². The molecule has 0 atom stereocenters. The van der Waals surface area contributed by atoms with Gasteiger partial charge >= 0.3 is 0 Å². The van der Waals surface area contributed by atoms with Crippen molar-refractivity contribution in [1.29, 1.82) is 0 Å². The lowest BCUT2D eigenvalue weighted by molar-refractivity contribution is 0.574. The van der Waals surface area contributed by atoms with Crippen molar-refractivity contribution >= 4 is 15.7 Å². The fourth-order valence-corrected chi connectivity index (χ4v) is 3.91. The van der Waals surface area contributed by atoms with Crippen molar-refractivity contribution in [2.45, 2.75) is 26.3 Å². The van der Waals surface area contributed by atoms with Crippen LogP contribution in [0.1, 0.15) is 24.0 Å². The Hall–Kier alpha value is -1.07. The maximum atomic E-state index is 12.0. The van der Waals surface area contributed by atoms with Gasteiger partial charge in [-0.1, -0.05) is 12.1 Å². The van der Waals surface area contributed by atoms with E-state index in [1.807, 2.05) is 25.1 Å². The van der Waals surface area contributed by atoms with Gasteiger partial charge in [-0.3, -0.25) is 4.31 Å². The van der Waals surface area contributed by atoms with E-state index in [2.05, 4.69) is 0 Å². The number of hydrogen-bond donors (Lipinski definition) is 1. The normalized spacial score (nSPS) is 19.3. The minimum absolute atomic E-state index is 0.241. The summed E-state index contributed by atoms with van der Waals surface area (Å²) in [4.78, 5) is 0. The van der Waals surface area contributed by atoms with Crippen LogP contribution >= 0.6 is 0 Å². The Balaban J connectivity index is 2.49. The lowest BCUT2D eigenvalue weighted by atomic mass is 10.1. The molecule has 0 spiro atoms. The third-order valence-corrected chi connectivity index (χ3v) is 5.06. The van der Waals surface area contributed by atoms with Crippen LogP contribution in [0.15, 0.2) is 18.2 Å². The van der Waals surface area contributed by atoms with Crippen molar-refractivity contribution in [3.8, 4) is 0 Å². The fraction of sp³-hybridized carbons (Fsp3) is 0.500. The summed E-state index contributed by atoms with van der Waals surface area (Å²) >= 11 is 0. The molecule has 0 aliphatic carbocycles. The van der Waals surface area contributed by atoms with Gasteiger partial charge in [-0.25, -0.2) is 8.42 Å². The van der Waals surface area contributed by atoms with Gasteiger partial charge in [0.2, 0.25) is 10.0 Å². The molecule has 1 aromatic rings. The summed E-state index contributed by atoms with van der Waals surface area (Å²) in [5.74, 6) is 0.241. The van der Waals surface area contributed by atoms with Gasteiger partial charge in [0.05, 0.1) is 11.4 Å². The van der Waals surface area contributed by atoms with Gasteiger partial charge in [0.1, 0.15) is 0 Å². The van der Waals surface area contributed by atoms with E-state index in [1.165, 1.54) is 4.31 Å². The summed E-state index contributed by atoms with van der Waals surface area (Å²) in [5, 5.41) is 0. The highest BCUT2D eigenvalue weighted by molar-refractivity contribution is 7.92. The zero-order valence-electron chi connectivity index (χ0n) is 10.0. The van der Waals surface area contributed by atoms with Gasteiger partial charge in [-0.2, -0.15) is 0 Å². The number of aryl methyl sites for hydroxylation is 1. The third-order valence-electron chi connectivity index (χ3n) is 3.21. The number of benzene rings is 1. The second-order valence-corrected chi connectivity index (χ2v) is 6.38. The zero-order valence-corrected chi connectivity index (χ0v) is 10.8. The van der Waals surface area contributed by atoms with E-state index in [0.29, 0.717) is 13.1 Å². The molecule has 17 heavy (non-hydrogen) atoms. The van der Waals surface area contributed by atoms with Crippen LogP contribution in [-0.2, 0) is 16.6 Å². The van der Waals surface area contributed by atoms with E-state index >= 15 is 0 Å². The lowest BCUT2D eigenvalue weighted by Gasteiger charge is -2.30. The molecule has 5 heteroatoms. The third kappa shape index (κ3) is 2.30. The van der Waals surface area contributed by atoms with Crippen LogP contribution < -0.4 is 10.0 Å². The van der Waals surface area contributed by atoms with Crippen molar-refractivity contribution in [2.75, 3.05) is 16.6 Å². The molecule has 1 aromatic carbocycles. The maximum absolute atomic E-state index is 12.0. The van der Waals surface area contributed by atoms with Crippen molar-refractivity contribution in [1.82, 2.24) is 0 Å². The van der Waals surface area contributed by atoms with E-state index in [9.17, 15) is 8.42 Å². The maximum Gasteiger partial charge on any atom is 0.235 e. The number of hydrogen-bond acceptors (Lipinski definition) is 3. The molecule has 1 saturated heterocycles. The largest absolute Gasteiger partial charge is 0.326 e. The highest BCUT2D eigenvalue weighted by atomic mass is 32.2. The first kappa shape index (κ1) is 12.4. The van der Waals surface area contributed by atoms with Gasteiger partial charge in [0, 0.05) is 13.1 Å². The molecule has 2 N–H and O–H groups in total. The second kappa shape index (κ2) is 4.66. The van der Waals surface area contributed by atoms with E-state index in [4.69, 9.17) is 5.73 Å². The molecule has 1 fully saturated rings. The topological polar surface area (TPSA) is 63.4 Å². The first-order chi connectivity index (χ1) is 8.06. The smallest absolute Gasteiger partial charge is 0.235 e. The summed E-state index contributed by atoms with van der Waals surface area (Å²) in [5.41, 5.74) is 8.46. The van der Waals surface area contributed by atoms with Crippen LogP contribution in [0.3, 0.4) is 0 Å². The molecule has 0 aromatic heterocycles. The van der Waals surface area contributed by atoms with Crippen molar-refractivity contribution in [3.05, 3.63) is 29.3 Å². The Morgan fingerprint density at radius 2 is 2.12 bits per heavy atom. The molecule has 2 rings (SSSR count). The van der Waals surface area contributed by atoms with Gasteiger partial charge < -0.3 is 5.73 Å². The van der Waals surface area contributed by atoms with E-state index in [-0.39, 0.29) is 5.75 Å². The molecule has 1 heterocycles. The highest BCUT2D eigenvalue weighted by Gasteiger charge is 2.27. The minimum atomic E-state index is -3.15. The van der Waals surface area contributed by atoms with Crippen molar-refractivity contribution in [2.24, 2.45) is 5.73 Å². The fourth-order valence-electron chi connectivity index (χ4n) is 2.25. The molecule has 0 bridgehead atoms.